The van der Waals surface area contributed by atoms with Crippen LogP contribution in [0.1, 0.15) is 41.2 Å². The van der Waals surface area contributed by atoms with E-state index in [2.05, 4.69) is 6.07 Å². The van der Waals surface area contributed by atoms with Crippen LogP contribution < -0.4 is 16.1 Å². The zero-order chi connectivity index (χ0) is 21.2. The molecule has 3 fully saturated rings. The molecule has 9 heteroatoms. The number of carboxylic acids is 1. The molecule has 1 aliphatic carbocycles. The Kier molecular flexibility index (Phi) is 4.14. The van der Waals surface area contributed by atoms with Crippen molar-refractivity contribution in [1.29, 1.82) is 5.26 Å². The van der Waals surface area contributed by atoms with Crippen molar-refractivity contribution < 1.29 is 19.0 Å². The number of anilines is 1. The number of benzene rings is 1. The number of fused-ring (bicyclic) bond motifs is 2. The summed E-state index contributed by atoms with van der Waals surface area (Å²) in [6.45, 7) is 1.79. The van der Waals surface area contributed by atoms with Gasteiger partial charge in [0.05, 0.1) is 16.6 Å². The second-order valence-electron chi connectivity index (χ2n) is 8.39. The van der Waals surface area contributed by atoms with E-state index >= 15 is 4.39 Å². The summed E-state index contributed by atoms with van der Waals surface area (Å²) < 4.78 is 22.9. The Morgan fingerprint density at radius 2 is 2.20 bits per heavy atom. The van der Waals surface area contributed by atoms with E-state index < -0.39 is 28.4 Å². The van der Waals surface area contributed by atoms with Gasteiger partial charge in [0, 0.05) is 44.4 Å². The largest absolute Gasteiger partial charge is 0.477 e. The van der Waals surface area contributed by atoms with Crippen molar-refractivity contribution in [1.82, 2.24) is 4.57 Å². The van der Waals surface area contributed by atoms with E-state index in [0.29, 0.717) is 31.8 Å². The number of carboxylic acid groups (broad SMARTS) is 1. The van der Waals surface area contributed by atoms with Gasteiger partial charge in [0.15, 0.2) is 0 Å². The third-order valence-electron chi connectivity index (χ3n) is 6.68. The molecular weight excluding hydrogens is 391 g/mol. The Labute approximate surface area is 171 Å². The summed E-state index contributed by atoms with van der Waals surface area (Å²) in [5.74, 6) is -1.94. The van der Waals surface area contributed by atoms with E-state index in [0.717, 1.165) is 25.3 Å². The fourth-order valence-corrected chi connectivity index (χ4v) is 5.02. The number of rotatable bonds is 4. The highest BCUT2D eigenvalue weighted by molar-refractivity contribution is 5.96. The van der Waals surface area contributed by atoms with Crippen molar-refractivity contribution in [2.75, 3.05) is 31.1 Å². The summed E-state index contributed by atoms with van der Waals surface area (Å²) in [6.07, 6.45) is 3.73. The third kappa shape index (κ3) is 2.57. The first-order valence-electron chi connectivity index (χ1n) is 10.0. The Hall–Kier alpha value is -2.96. The van der Waals surface area contributed by atoms with Crippen molar-refractivity contribution in [2.24, 2.45) is 11.7 Å². The minimum Gasteiger partial charge on any atom is -0.477 e. The number of aromatic nitrogens is 1. The lowest BCUT2D eigenvalue weighted by molar-refractivity contribution is 0.0126. The van der Waals surface area contributed by atoms with Crippen molar-refractivity contribution in [3.05, 3.63) is 39.4 Å². The van der Waals surface area contributed by atoms with E-state index in [-0.39, 0.29) is 28.6 Å². The standard InChI is InChI=1S/C21H21FN4O4/c22-16-5-13-17(26(12-1-2-12)8-15(19(13)27)20(28)29)14(6-23)18(16)25-7-11-3-4-30-21(11,9-24)10-25/h5,8,11-12H,1-4,7,9-10,24H2,(H,28,29). The predicted octanol–water partition coefficient (Wildman–Crippen LogP) is 1.60. The Morgan fingerprint density at radius 1 is 1.43 bits per heavy atom. The molecule has 0 radical (unpaired) electrons. The summed E-state index contributed by atoms with van der Waals surface area (Å²) in [4.78, 5) is 26.1. The lowest BCUT2D eigenvalue weighted by Crippen LogP contribution is -2.44. The van der Waals surface area contributed by atoms with Gasteiger partial charge in [0.2, 0.25) is 5.43 Å². The fraction of sp³-hybridized carbons (Fsp3) is 0.476. The first-order chi connectivity index (χ1) is 14.4. The van der Waals surface area contributed by atoms with Gasteiger partial charge in [-0.3, -0.25) is 4.79 Å². The average Bonchev–Trinajstić information content (AvgIpc) is 3.39. The maximum Gasteiger partial charge on any atom is 0.341 e. The van der Waals surface area contributed by atoms with Gasteiger partial charge in [-0.25, -0.2) is 9.18 Å². The summed E-state index contributed by atoms with van der Waals surface area (Å²) in [5, 5.41) is 19.3. The second-order valence-corrected chi connectivity index (χ2v) is 8.39. The van der Waals surface area contributed by atoms with Crippen molar-refractivity contribution in [3.8, 4) is 6.07 Å². The van der Waals surface area contributed by atoms with Gasteiger partial charge in [-0.15, -0.1) is 0 Å². The lowest BCUT2D eigenvalue weighted by atomic mass is 9.91. The second kappa shape index (κ2) is 6.52. The van der Waals surface area contributed by atoms with Crippen LogP contribution in [0.25, 0.3) is 10.9 Å². The molecule has 0 spiro atoms. The normalized spacial score (nSPS) is 25.5. The van der Waals surface area contributed by atoms with Crippen LogP contribution in [-0.2, 0) is 4.74 Å². The Morgan fingerprint density at radius 3 is 2.80 bits per heavy atom. The number of aromatic carboxylic acids is 1. The third-order valence-corrected chi connectivity index (χ3v) is 6.68. The van der Waals surface area contributed by atoms with Gasteiger partial charge in [0.25, 0.3) is 0 Å². The molecule has 3 N–H and O–H groups in total. The predicted molar refractivity (Wildman–Crippen MR) is 106 cm³/mol. The zero-order valence-electron chi connectivity index (χ0n) is 16.2. The number of pyridine rings is 1. The SMILES string of the molecule is N#Cc1c(N2CC3CCOC3(CN)C2)c(F)cc2c(=O)c(C(=O)O)cn(C3CC3)c12. The quantitative estimate of drug-likeness (QED) is 0.782. The minimum absolute atomic E-state index is 0.00622. The average molecular weight is 412 g/mol. The zero-order valence-corrected chi connectivity index (χ0v) is 16.2. The highest BCUT2D eigenvalue weighted by Crippen LogP contribution is 2.44. The van der Waals surface area contributed by atoms with Crippen molar-refractivity contribution in [3.63, 3.8) is 0 Å². The highest BCUT2D eigenvalue weighted by Gasteiger charge is 2.51. The van der Waals surface area contributed by atoms with Gasteiger partial charge in [-0.2, -0.15) is 5.26 Å². The number of nitrogens with two attached hydrogens (primary N) is 1. The van der Waals surface area contributed by atoms with Crippen LogP contribution in [0.2, 0.25) is 0 Å². The monoisotopic (exact) mass is 412 g/mol. The van der Waals surface area contributed by atoms with Gasteiger partial charge >= 0.3 is 5.97 Å². The number of nitriles is 1. The van der Waals surface area contributed by atoms with Crippen LogP contribution in [0.3, 0.4) is 0 Å². The summed E-state index contributed by atoms with van der Waals surface area (Å²) in [7, 11) is 0. The molecule has 2 atom stereocenters. The lowest BCUT2D eigenvalue weighted by Gasteiger charge is -2.27. The summed E-state index contributed by atoms with van der Waals surface area (Å²) in [5.41, 5.74) is 4.70. The molecule has 2 aliphatic heterocycles. The molecule has 30 heavy (non-hydrogen) atoms. The molecule has 156 valence electrons. The van der Waals surface area contributed by atoms with Crippen LogP contribution in [0.4, 0.5) is 10.1 Å². The molecule has 1 saturated carbocycles. The fourth-order valence-electron chi connectivity index (χ4n) is 5.02. The topological polar surface area (TPSA) is 122 Å². The van der Waals surface area contributed by atoms with Crippen molar-refractivity contribution in [2.45, 2.75) is 30.9 Å². The first-order valence-corrected chi connectivity index (χ1v) is 10.0. The number of halogens is 1. The molecule has 1 aromatic heterocycles. The number of nitrogens with zero attached hydrogens (tertiary/aromatic N) is 3. The summed E-state index contributed by atoms with van der Waals surface area (Å²) >= 11 is 0. The van der Waals surface area contributed by atoms with Crippen LogP contribution in [0, 0.1) is 23.1 Å². The van der Waals surface area contributed by atoms with Crippen LogP contribution in [-0.4, -0.2) is 47.5 Å². The van der Waals surface area contributed by atoms with E-state index in [4.69, 9.17) is 10.5 Å². The molecular formula is C21H21FN4O4. The number of carbonyl (C=O) groups is 1. The Bertz CT molecular complexity index is 1180. The van der Waals surface area contributed by atoms with Crippen LogP contribution >= 0.6 is 0 Å². The maximum absolute atomic E-state index is 15.3. The molecule has 5 rings (SSSR count). The van der Waals surface area contributed by atoms with Gasteiger partial charge in [-0.05, 0) is 25.3 Å². The molecule has 3 heterocycles. The molecule has 2 aromatic rings. The molecule has 0 bridgehead atoms. The van der Waals surface area contributed by atoms with E-state index in [9.17, 15) is 20.0 Å². The summed E-state index contributed by atoms with van der Waals surface area (Å²) in [6, 6.07) is 3.16. The number of ether oxygens (including phenoxy) is 1. The van der Waals surface area contributed by atoms with Gasteiger partial charge in [0.1, 0.15) is 28.6 Å². The van der Waals surface area contributed by atoms with Gasteiger partial charge in [-0.1, -0.05) is 0 Å². The highest BCUT2D eigenvalue weighted by atomic mass is 19.1. The minimum atomic E-state index is -1.37. The molecule has 3 aliphatic rings. The molecule has 0 amide bonds. The maximum atomic E-state index is 15.3. The van der Waals surface area contributed by atoms with Crippen LogP contribution in [0.5, 0.6) is 0 Å². The first kappa shape index (κ1) is 19.0. The Balaban J connectivity index is 1.75. The smallest absolute Gasteiger partial charge is 0.341 e. The van der Waals surface area contributed by atoms with E-state index in [1.165, 1.54) is 6.20 Å². The van der Waals surface area contributed by atoms with Gasteiger partial charge < -0.3 is 25.0 Å². The molecule has 8 nitrogen and oxygen atoms in total. The molecule has 1 aromatic carbocycles. The number of hydrogen-bond acceptors (Lipinski definition) is 6. The van der Waals surface area contributed by atoms with Crippen molar-refractivity contribution >= 4 is 22.6 Å². The van der Waals surface area contributed by atoms with Crippen LogP contribution in [0.15, 0.2) is 17.1 Å². The van der Waals surface area contributed by atoms with E-state index in [1.807, 2.05) is 0 Å². The molecule has 2 saturated heterocycles. The van der Waals surface area contributed by atoms with E-state index in [1.54, 1.807) is 9.47 Å². The molecule has 2 unspecified atom stereocenters. The number of hydrogen-bond donors (Lipinski definition) is 2.